The summed E-state index contributed by atoms with van der Waals surface area (Å²) in [6.07, 6.45) is 0.379. The molecule has 0 fully saturated rings. The quantitative estimate of drug-likeness (QED) is 0.921. The molecule has 0 amide bonds. The Morgan fingerprint density at radius 3 is 2.53 bits per heavy atom. The lowest BCUT2D eigenvalue weighted by Gasteiger charge is -2.12. The molecule has 0 heterocycles. The molecule has 2 nitrogen and oxygen atoms in total. The maximum Gasteiger partial charge on any atom is 0.166 e. The molecule has 2 aromatic carbocycles. The zero-order valence-corrected chi connectivity index (χ0v) is 10.00. The normalized spacial score (nSPS) is 10.5. The van der Waals surface area contributed by atoms with Crippen molar-refractivity contribution >= 4 is 0 Å². The average Bonchev–Trinajstić information content (AvgIpc) is 2.38. The van der Waals surface area contributed by atoms with Crippen LogP contribution >= 0.6 is 0 Å². The van der Waals surface area contributed by atoms with Gasteiger partial charge >= 0.3 is 0 Å². The van der Waals surface area contributed by atoms with E-state index in [1.807, 2.05) is 0 Å². The van der Waals surface area contributed by atoms with Gasteiger partial charge in [0.1, 0.15) is 5.82 Å². The van der Waals surface area contributed by atoms with Crippen LogP contribution in [0, 0.1) is 17.5 Å². The maximum atomic E-state index is 13.7. The lowest BCUT2D eigenvalue weighted by molar-refractivity contribution is 0.406. The Bertz CT molecular complexity index is 587. The van der Waals surface area contributed by atoms with Crippen molar-refractivity contribution in [3.8, 4) is 11.5 Å². The van der Waals surface area contributed by atoms with Crippen LogP contribution in [0.1, 0.15) is 5.56 Å². The van der Waals surface area contributed by atoms with Gasteiger partial charge in [0.2, 0.25) is 0 Å². The van der Waals surface area contributed by atoms with Gasteiger partial charge in [0.15, 0.2) is 23.1 Å². The van der Waals surface area contributed by atoms with Crippen LogP contribution in [0.3, 0.4) is 0 Å². The molecule has 2 rings (SSSR count). The minimum atomic E-state index is -0.761. The minimum Gasteiger partial charge on any atom is -0.451 e. The van der Waals surface area contributed by atoms with Crippen molar-refractivity contribution in [2.45, 2.75) is 6.42 Å². The molecule has 0 aromatic heterocycles. The van der Waals surface area contributed by atoms with E-state index < -0.39 is 17.5 Å². The topological polar surface area (TPSA) is 35.2 Å². The highest BCUT2D eigenvalue weighted by molar-refractivity contribution is 5.39. The number of halogens is 3. The Morgan fingerprint density at radius 2 is 1.79 bits per heavy atom. The van der Waals surface area contributed by atoms with Gasteiger partial charge in [-0.25, -0.2) is 13.2 Å². The predicted octanol–water partition coefficient (Wildman–Crippen LogP) is 3.40. The second kappa shape index (κ2) is 5.75. The third-order valence-corrected chi connectivity index (χ3v) is 2.57. The first-order valence-electron chi connectivity index (χ1n) is 5.72. The summed E-state index contributed by atoms with van der Waals surface area (Å²) >= 11 is 0. The van der Waals surface area contributed by atoms with Crippen molar-refractivity contribution in [1.29, 1.82) is 0 Å². The molecule has 19 heavy (non-hydrogen) atoms. The molecule has 0 aliphatic carbocycles. The van der Waals surface area contributed by atoms with E-state index in [1.54, 1.807) is 6.07 Å². The van der Waals surface area contributed by atoms with E-state index in [9.17, 15) is 13.2 Å². The van der Waals surface area contributed by atoms with Crippen LogP contribution in [-0.4, -0.2) is 6.54 Å². The summed E-state index contributed by atoms with van der Waals surface area (Å²) in [5, 5.41) is 0. The summed E-state index contributed by atoms with van der Waals surface area (Å²) in [4.78, 5) is 0. The van der Waals surface area contributed by atoms with Crippen LogP contribution < -0.4 is 10.5 Å². The number of benzene rings is 2. The fourth-order valence-corrected chi connectivity index (χ4v) is 1.69. The molecule has 0 atom stereocenters. The van der Waals surface area contributed by atoms with E-state index in [0.29, 0.717) is 18.5 Å². The smallest absolute Gasteiger partial charge is 0.166 e. The van der Waals surface area contributed by atoms with Gasteiger partial charge in [0.05, 0.1) is 0 Å². The van der Waals surface area contributed by atoms with Crippen LogP contribution in [0.25, 0.3) is 0 Å². The largest absolute Gasteiger partial charge is 0.451 e. The van der Waals surface area contributed by atoms with Crippen molar-refractivity contribution in [3.05, 3.63) is 59.4 Å². The van der Waals surface area contributed by atoms with Gasteiger partial charge in [-0.15, -0.1) is 0 Å². The Kier molecular flexibility index (Phi) is 4.06. The van der Waals surface area contributed by atoms with Crippen LogP contribution in [0.2, 0.25) is 0 Å². The zero-order chi connectivity index (χ0) is 13.8. The number of nitrogens with two attached hydrogens (primary N) is 1. The Labute approximate surface area is 108 Å². The molecule has 0 radical (unpaired) electrons. The number of hydrogen-bond acceptors (Lipinski definition) is 2. The van der Waals surface area contributed by atoms with Gasteiger partial charge in [0.25, 0.3) is 0 Å². The Balaban J connectivity index is 2.39. The molecular weight excluding hydrogens is 255 g/mol. The van der Waals surface area contributed by atoms with Gasteiger partial charge in [0, 0.05) is 6.07 Å². The van der Waals surface area contributed by atoms with E-state index in [2.05, 4.69) is 0 Å². The van der Waals surface area contributed by atoms with Crippen molar-refractivity contribution < 1.29 is 17.9 Å². The first-order valence-corrected chi connectivity index (χ1v) is 5.72. The van der Waals surface area contributed by atoms with Crippen molar-refractivity contribution in [1.82, 2.24) is 0 Å². The summed E-state index contributed by atoms with van der Waals surface area (Å²) in [6, 6.07) is 7.08. The molecule has 0 aliphatic rings. The number of ether oxygens (including phenoxy) is 1. The second-order valence-electron chi connectivity index (χ2n) is 3.94. The van der Waals surface area contributed by atoms with Crippen molar-refractivity contribution in [2.75, 3.05) is 6.54 Å². The summed E-state index contributed by atoms with van der Waals surface area (Å²) in [6.45, 7) is 0.297. The van der Waals surface area contributed by atoms with E-state index in [4.69, 9.17) is 10.5 Å². The summed E-state index contributed by atoms with van der Waals surface area (Å²) in [5.74, 6) is -2.55. The molecule has 0 saturated heterocycles. The van der Waals surface area contributed by atoms with Gasteiger partial charge in [-0.05, 0) is 36.7 Å². The van der Waals surface area contributed by atoms with Gasteiger partial charge in [-0.2, -0.15) is 0 Å². The molecule has 0 unspecified atom stereocenters. The summed E-state index contributed by atoms with van der Waals surface area (Å²) in [7, 11) is 0. The molecule has 5 heteroatoms. The molecule has 0 aliphatic heterocycles. The molecule has 2 N–H and O–H groups in total. The van der Waals surface area contributed by atoms with Crippen LogP contribution in [0.5, 0.6) is 11.5 Å². The van der Waals surface area contributed by atoms with Crippen molar-refractivity contribution in [2.24, 2.45) is 5.73 Å². The van der Waals surface area contributed by atoms with Crippen molar-refractivity contribution in [3.63, 3.8) is 0 Å². The SMILES string of the molecule is NCCc1cccc(F)c1Oc1cc(F)ccc1F. The van der Waals surface area contributed by atoms with E-state index in [-0.39, 0.29) is 11.5 Å². The Morgan fingerprint density at radius 1 is 1.00 bits per heavy atom. The number of para-hydroxylation sites is 1. The third-order valence-electron chi connectivity index (χ3n) is 2.57. The first-order chi connectivity index (χ1) is 9.11. The molecule has 0 bridgehead atoms. The molecule has 100 valence electrons. The van der Waals surface area contributed by atoms with Crippen LogP contribution in [0.4, 0.5) is 13.2 Å². The standard InChI is InChI=1S/C14H12F3NO/c15-10-4-5-11(16)13(8-10)19-14-9(6-7-18)2-1-3-12(14)17/h1-5,8H,6-7,18H2. The molecular formula is C14H12F3NO. The monoisotopic (exact) mass is 267 g/mol. The van der Waals surface area contributed by atoms with Crippen LogP contribution in [-0.2, 0) is 6.42 Å². The van der Waals surface area contributed by atoms with Gasteiger partial charge < -0.3 is 10.5 Å². The van der Waals surface area contributed by atoms with E-state index in [1.165, 1.54) is 12.1 Å². The number of hydrogen-bond donors (Lipinski definition) is 1. The van der Waals surface area contributed by atoms with Gasteiger partial charge in [-0.1, -0.05) is 12.1 Å². The number of rotatable bonds is 4. The maximum absolute atomic E-state index is 13.7. The molecule has 2 aromatic rings. The lowest BCUT2D eigenvalue weighted by atomic mass is 10.1. The summed E-state index contributed by atoms with van der Waals surface area (Å²) in [5.41, 5.74) is 5.92. The zero-order valence-electron chi connectivity index (χ0n) is 10.00. The fraction of sp³-hybridized carbons (Fsp3) is 0.143. The molecule has 0 spiro atoms. The van der Waals surface area contributed by atoms with E-state index in [0.717, 1.165) is 18.2 Å². The lowest BCUT2D eigenvalue weighted by Crippen LogP contribution is -2.05. The van der Waals surface area contributed by atoms with E-state index >= 15 is 0 Å². The highest BCUT2D eigenvalue weighted by atomic mass is 19.1. The molecule has 0 saturated carbocycles. The minimum absolute atomic E-state index is 0.127. The Hall–Kier alpha value is -2.01. The third kappa shape index (κ3) is 3.06. The van der Waals surface area contributed by atoms with Gasteiger partial charge in [-0.3, -0.25) is 0 Å². The fourth-order valence-electron chi connectivity index (χ4n) is 1.69. The average molecular weight is 267 g/mol. The highest BCUT2D eigenvalue weighted by Crippen LogP contribution is 2.30. The van der Waals surface area contributed by atoms with Crippen LogP contribution in [0.15, 0.2) is 36.4 Å². The first kappa shape index (κ1) is 13.4. The predicted molar refractivity (Wildman–Crippen MR) is 65.6 cm³/mol. The summed E-state index contributed by atoms with van der Waals surface area (Å²) < 4.78 is 45.4. The highest BCUT2D eigenvalue weighted by Gasteiger charge is 2.13. The second-order valence-corrected chi connectivity index (χ2v) is 3.94.